The molecule has 1 fully saturated rings. The van der Waals surface area contributed by atoms with Crippen molar-refractivity contribution >= 4 is 34.6 Å². The van der Waals surface area contributed by atoms with Crippen LogP contribution in [0, 0.1) is 0 Å². The van der Waals surface area contributed by atoms with E-state index in [1.54, 1.807) is 58.0 Å². The van der Waals surface area contributed by atoms with Gasteiger partial charge in [-0.05, 0) is 67.4 Å². The number of hydrogen-bond donors (Lipinski definition) is 1. The lowest BCUT2D eigenvalue weighted by atomic mass is 9.97. The highest BCUT2D eigenvalue weighted by Gasteiger charge is 2.37. The van der Waals surface area contributed by atoms with Gasteiger partial charge >= 0.3 is 6.09 Å². The zero-order valence-corrected chi connectivity index (χ0v) is 31.2. The summed E-state index contributed by atoms with van der Waals surface area (Å²) in [6.45, 7) is 8.23. The van der Waals surface area contributed by atoms with Crippen LogP contribution in [0.1, 0.15) is 47.8 Å². The Kier molecular flexibility index (Phi) is 12.3. The van der Waals surface area contributed by atoms with Crippen LogP contribution in [0.15, 0.2) is 97.1 Å². The van der Waals surface area contributed by atoms with E-state index in [1.807, 2.05) is 90.8 Å². The molecule has 274 valence electrons. The Bertz CT molecular complexity index is 1870. The lowest BCUT2D eigenvalue weighted by molar-refractivity contribution is -0.147. The Labute approximate surface area is 307 Å². The van der Waals surface area contributed by atoms with Crippen LogP contribution in [-0.2, 0) is 33.7 Å². The largest absolute Gasteiger partial charge is 0.444 e. The number of carbonyl (C=O) groups excluding carboxylic acids is 4. The number of ether oxygens (including phenoxy) is 1. The first-order valence-corrected chi connectivity index (χ1v) is 17.9. The van der Waals surface area contributed by atoms with Crippen LogP contribution < -0.4 is 5.32 Å². The first-order chi connectivity index (χ1) is 24.8. The number of likely N-dealkylation sites (N-methyl/N-ethyl adjacent to an activating group) is 3. The number of alkyl carbamates (subject to hydrolysis) is 1. The molecule has 0 spiro atoms. The van der Waals surface area contributed by atoms with Crippen molar-refractivity contribution in [2.24, 2.45) is 0 Å². The molecule has 1 aliphatic heterocycles. The number of carbonyl (C=O) groups is 4. The zero-order chi connectivity index (χ0) is 37.4. The second kappa shape index (κ2) is 16.9. The number of nitrogens with zero attached hydrogens (tertiary/aromatic N) is 4. The summed E-state index contributed by atoms with van der Waals surface area (Å²) in [5, 5.41) is 4.85. The fourth-order valence-corrected chi connectivity index (χ4v) is 6.48. The SMILES string of the molecule is CN1CCN(C(=O)[C@@H](Cc2ccccc2)N(C)C(=O)[C@@H](Cc2ccc3ccccc3c2)N(C)C(=O)c2cccc(CNC(=O)OC(C)(C)C)c2)CC1. The van der Waals surface area contributed by atoms with Crippen LogP contribution >= 0.6 is 0 Å². The van der Waals surface area contributed by atoms with Gasteiger partial charge in [-0.3, -0.25) is 14.4 Å². The number of hydrogen-bond acceptors (Lipinski definition) is 6. The number of rotatable bonds is 11. The molecule has 0 bridgehead atoms. The van der Waals surface area contributed by atoms with Crippen molar-refractivity contribution in [2.75, 3.05) is 47.3 Å². The topological polar surface area (TPSA) is 103 Å². The summed E-state index contributed by atoms with van der Waals surface area (Å²) in [6.07, 6.45) is 0.0414. The quantitative estimate of drug-likeness (QED) is 0.225. The van der Waals surface area contributed by atoms with E-state index < -0.39 is 23.8 Å². The summed E-state index contributed by atoms with van der Waals surface area (Å²) in [5.74, 6) is -0.775. The van der Waals surface area contributed by atoms with Crippen molar-refractivity contribution in [3.63, 3.8) is 0 Å². The summed E-state index contributed by atoms with van der Waals surface area (Å²) >= 11 is 0. The third-order valence-corrected chi connectivity index (χ3v) is 9.51. The van der Waals surface area contributed by atoms with Crippen LogP contribution in [0.3, 0.4) is 0 Å². The number of piperazine rings is 1. The molecule has 4 aromatic carbocycles. The molecular weight excluding hydrogens is 654 g/mol. The van der Waals surface area contributed by atoms with Gasteiger partial charge in [-0.15, -0.1) is 0 Å². The lowest BCUT2D eigenvalue weighted by Gasteiger charge is -2.39. The summed E-state index contributed by atoms with van der Waals surface area (Å²) in [7, 11) is 5.36. The van der Waals surface area contributed by atoms with Gasteiger partial charge in [0, 0.05) is 65.2 Å². The predicted octanol–water partition coefficient (Wildman–Crippen LogP) is 5.39. The van der Waals surface area contributed by atoms with Crippen molar-refractivity contribution in [1.29, 1.82) is 0 Å². The van der Waals surface area contributed by atoms with E-state index in [9.17, 15) is 19.2 Å². The molecule has 10 heteroatoms. The maximum absolute atomic E-state index is 14.8. The molecule has 4 amide bonds. The molecule has 2 atom stereocenters. The maximum Gasteiger partial charge on any atom is 0.407 e. The minimum absolute atomic E-state index is 0.101. The van der Waals surface area contributed by atoms with Crippen LogP contribution in [0.2, 0.25) is 0 Å². The van der Waals surface area contributed by atoms with E-state index in [4.69, 9.17) is 4.74 Å². The lowest BCUT2D eigenvalue weighted by Crippen LogP contribution is -2.58. The molecule has 0 radical (unpaired) electrons. The van der Waals surface area contributed by atoms with Gasteiger partial charge < -0.3 is 29.7 Å². The summed E-state index contributed by atoms with van der Waals surface area (Å²) in [6, 6.07) is 29.1. The highest BCUT2D eigenvalue weighted by molar-refractivity contribution is 5.98. The average Bonchev–Trinajstić information content (AvgIpc) is 3.14. The Morgan fingerprint density at radius 2 is 1.35 bits per heavy atom. The Hall–Kier alpha value is -5.22. The second-order valence-corrected chi connectivity index (χ2v) is 14.7. The fourth-order valence-electron chi connectivity index (χ4n) is 6.48. The summed E-state index contributed by atoms with van der Waals surface area (Å²) in [4.78, 5) is 62.6. The maximum atomic E-state index is 14.8. The first kappa shape index (κ1) is 38.0. The normalized spacial score (nSPS) is 14.7. The van der Waals surface area contributed by atoms with Crippen LogP contribution in [0.5, 0.6) is 0 Å². The van der Waals surface area contributed by atoms with E-state index >= 15 is 0 Å². The Balaban J connectivity index is 1.44. The van der Waals surface area contributed by atoms with Gasteiger partial charge in [-0.2, -0.15) is 0 Å². The van der Waals surface area contributed by atoms with Gasteiger partial charge in [-0.1, -0.05) is 84.9 Å². The highest BCUT2D eigenvalue weighted by atomic mass is 16.6. The minimum Gasteiger partial charge on any atom is -0.444 e. The van der Waals surface area contributed by atoms with E-state index in [0.29, 0.717) is 30.6 Å². The Morgan fingerprint density at radius 3 is 2.04 bits per heavy atom. The van der Waals surface area contributed by atoms with Gasteiger partial charge in [0.1, 0.15) is 17.7 Å². The smallest absolute Gasteiger partial charge is 0.407 e. The summed E-state index contributed by atoms with van der Waals surface area (Å²) < 4.78 is 5.36. The molecule has 0 aliphatic carbocycles. The van der Waals surface area contributed by atoms with Crippen LogP contribution in [0.25, 0.3) is 10.8 Å². The van der Waals surface area contributed by atoms with E-state index in [-0.39, 0.29) is 30.7 Å². The fraction of sp³-hybridized carbons (Fsp3) is 0.381. The number of benzene rings is 4. The first-order valence-electron chi connectivity index (χ1n) is 17.9. The van der Waals surface area contributed by atoms with Gasteiger partial charge in [0.2, 0.25) is 11.8 Å². The molecule has 1 aliphatic rings. The zero-order valence-electron chi connectivity index (χ0n) is 31.2. The number of fused-ring (bicyclic) bond motifs is 1. The number of amides is 4. The van der Waals surface area contributed by atoms with Crippen molar-refractivity contribution in [3.8, 4) is 0 Å². The molecule has 0 saturated carbocycles. The van der Waals surface area contributed by atoms with E-state index in [0.717, 1.165) is 35.0 Å². The molecule has 0 unspecified atom stereocenters. The predicted molar refractivity (Wildman–Crippen MR) is 204 cm³/mol. The molecule has 0 aromatic heterocycles. The van der Waals surface area contributed by atoms with Crippen molar-refractivity contribution in [1.82, 2.24) is 24.9 Å². The second-order valence-electron chi connectivity index (χ2n) is 14.7. The van der Waals surface area contributed by atoms with Gasteiger partial charge in [0.05, 0.1) is 0 Å². The van der Waals surface area contributed by atoms with Crippen LogP contribution in [0.4, 0.5) is 4.79 Å². The summed E-state index contributed by atoms with van der Waals surface area (Å²) in [5.41, 5.74) is 2.28. The third-order valence-electron chi connectivity index (χ3n) is 9.51. The van der Waals surface area contributed by atoms with Gasteiger partial charge in [0.15, 0.2) is 0 Å². The monoisotopic (exact) mass is 705 g/mol. The van der Waals surface area contributed by atoms with Crippen molar-refractivity contribution in [2.45, 2.75) is 57.8 Å². The molecule has 1 saturated heterocycles. The van der Waals surface area contributed by atoms with Gasteiger partial charge in [0.25, 0.3) is 5.91 Å². The van der Waals surface area contributed by atoms with Crippen LogP contribution in [-0.4, -0.2) is 108 Å². The van der Waals surface area contributed by atoms with Gasteiger partial charge in [-0.25, -0.2) is 4.79 Å². The number of nitrogens with one attached hydrogen (secondary N) is 1. The molecule has 52 heavy (non-hydrogen) atoms. The minimum atomic E-state index is -0.916. The third kappa shape index (κ3) is 9.97. The standard InChI is InChI=1S/C42H51N5O5/c1-42(2,3)52-41(51)43-29-32-15-12-18-35(26-32)38(48)45(5)36(28-31-19-20-33-16-10-11-17-34(33)25-31)39(49)46(6)37(27-30-13-8-7-9-14-30)40(50)47-23-21-44(4)22-24-47/h7-20,25-26,36-37H,21-24,27-29H2,1-6H3,(H,43,51)/t36-,37-/m1/s1. The molecule has 1 heterocycles. The van der Waals surface area contributed by atoms with E-state index in [1.165, 1.54) is 4.90 Å². The van der Waals surface area contributed by atoms with Crippen molar-refractivity contribution < 1.29 is 23.9 Å². The Morgan fingerprint density at radius 1 is 0.712 bits per heavy atom. The molecule has 1 N–H and O–H groups in total. The average molecular weight is 706 g/mol. The molecule has 4 aromatic rings. The molecule has 5 rings (SSSR count). The van der Waals surface area contributed by atoms with Crippen molar-refractivity contribution in [3.05, 3.63) is 119 Å². The molecular formula is C42H51N5O5. The highest BCUT2D eigenvalue weighted by Crippen LogP contribution is 2.22. The molecule has 10 nitrogen and oxygen atoms in total. The van der Waals surface area contributed by atoms with E-state index in [2.05, 4.69) is 10.2 Å².